The highest BCUT2D eigenvalue weighted by atomic mass is 35.5. The van der Waals surface area contributed by atoms with Crippen LogP contribution >= 0.6 is 12.4 Å². The number of carbonyl (C=O) groups excluding carboxylic acids is 2. The van der Waals surface area contributed by atoms with Crippen LogP contribution in [0.5, 0.6) is 0 Å². The number of Topliss-reactive ketones (excluding diaryl/α,β-unsaturated/α-hetero) is 1. The van der Waals surface area contributed by atoms with Crippen molar-refractivity contribution in [3.8, 4) is 0 Å². The lowest BCUT2D eigenvalue weighted by Crippen LogP contribution is -2.55. The number of amides is 1. The maximum atomic E-state index is 12.6. The zero-order valence-corrected chi connectivity index (χ0v) is 18.8. The Labute approximate surface area is 174 Å². The standard InChI is InChI=1S/C19H31N3O4S.ClH/c1-14(2)19(4,13-20)21-18(24)7-6-12-22(5)27(25,26)17-10-8-16(9-11-17)15(3)23;/h8-11,14H,6-7,12-13,20H2,1-5H3,(H,21,24);1H. The molecule has 0 saturated carbocycles. The van der Waals surface area contributed by atoms with Crippen LogP contribution in [-0.4, -0.2) is 50.1 Å². The molecule has 0 saturated heterocycles. The Morgan fingerprint density at radius 3 is 2.18 bits per heavy atom. The smallest absolute Gasteiger partial charge is 0.242 e. The van der Waals surface area contributed by atoms with Crippen molar-refractivity contribution < 1.29 is 18.0 Å². The lowest BCUT2D eigenvalue weighted by Gasteiger charge is -2.33. The van der Waals surface area contributed by atoms with Crippen LogP contribution in [0.4, 0.5) is 0 Å². The molecule has 0 bridgehead atoms. The van der Waals surface area contributed by atoms with Crippen LogP contribution < -0.4 is 11.1 Å². The molecule has 1 aromatic rings. The van der Waals surface area contributed by atoms with Crippen molar-refractivity contribution in [1.29, 1.82) is 0 Å². The van der Waals surface area contributed by atoms with Crippen molar-refractivity contribution in [3.05, 3.63) is 29.8 Å². The summed E-state index contributed by atoms with van der Waals surface area (Å²) in [4.78, 5) is 23.6. The van der Waals surface area contributed by atoms with Crippen LogP contribution in [0.15, 0.2) is 29.2 Å². The molecule has 3 N–H and O–H groups in total. The summed E-state index contributed by atoms with van der Waals surface area (Å²) in [6, 6.07) is 5.83. The molecule has 1 rings (SSSR count). The predicted octanol–water partition coefficient (Wildman–Crippen LogP) is 2.20. The third kappa shape index (κ3) is 6.84. The molecule has 0 aliphatic rings. The van der Waals surface area contributed by atoms with Gasteiger partial charge >= 0.3 is 0 Å². The zero-order chi connectivity index (χ0) is 20.8. The normalized spacial score (nSPS) is 13.7. The first kappa shape index (κ1) is 26.5. The Morgan fingerprint density at radius 2 is 1.75 bits per heavy atom. The summed E-state index contributed by atoms with van der Waals surface area (Å²) < 4.78 is 26.4. The summed E-state index contributed by atoms with van der Waals surface area (Å²) in [5.74, 6) is -0.0788. The molecule has 9 heteroatoms. The topological polar surface area (TPSA) is 110 Å². The minimum absolute atomic E-state index is 0. The molecule has 160 valence electrons. The number of hydrogen-bond acceptors (Lipinski definition) is 5. The van der Waals surface area contributed by atoms with E-state index in [0.29, 0.717) is 18.5 Å². The van der Waals surface area contributed by atoms with Gasteiger partial charge in [0.15, 0.2) is 5.78 Å². The first-order chi connectivity index (χ1) is 12.4. The molecule has 7 nitrogen and oxygen atoms in total. The lowest BCUT2D eigenvalue weighted by atomic mass is 9.88. The molecule has 1 atom stereocenters. The second kappa shape index (κ2) is 10.9. The fourth-order valence-electron chi connectivity index (χ4n) is 2.44. The Bertz CT molecular complexity index is 766. The second-order valence-electron chi connectivity index (χ2n) is 7.34. The van der Waals surface area contributed by atoms with Crippen LogP contribution in [0.3, 0.4) is 0 Å². The SMILES string of the molecule is CC(=O)c1ccc(S(=O)(=O)N(C)CCCC(=O)NC(C)(CN)C(C)C)cc1.Cl. The van der Waals surface area contributed by atoms with Gasteiger partial charge in [-0.1, -0.05) is 26.0 Å². The second-order valence-corrected chi connectivity index (χ2v) is 9.38. The van der Waals surface area contributed by atoms with Gasteiger partial charge in [-0.15, -0.1) is 12.4 Å². The van der Waals surface area contributed by atoms with Crippen molar-refractivity contribution in [3.63, 3.8) is 0 Å². The predicted molar refractivity (Wildman–Crippen MR) is 113 cm³/mol. The highest BCUT2D eigenvalue weighted by molar-refractivity contribution is 7.89. The highest BCUT2D eigenvalue weighted by Gasteiger charge is 2.28. The molecular weight excluding hydrogens is 402 g/mol. The van der Waals surface area contributed by atoms with Gasteiger partial charge in [-0.3, -0.25) is 9.59 Å². The minimum atomic E-state index is -3.66. The molecule has 1 aromatic carbocycles. The lowest BCUT2D eigenvalue weighted by molar-refractivity contribution is -0.123. The molecule has 0 aliphatic heterocycles. The van der Waals surface area contributed by atoms with Crippen molar-refractivity contribution in [1.82, 2.24) is 9.62 Å². The largest absolute Gasteiger partial charge is 0.349 e. The quantitative estimate of drug-likeness (QED) is 0.549. The van der Waals surface area contributed by atoms with E-state index < -0.39 is 15.6 Å². The van der Waals surface area contributed by atoms with Gasteiger partial charge in [0.1, 0.15) is 0 Å². The molecule has 0 heterocycles. The number of rotatable bonds is 10. The van der Waals surface area contributed by atoms with E-state index in [2.05, 4.69) is 5.32 Å². The Kier molecular flexibility index (Phi) is 10.3. The Balaban J connectivity index is 0.00000729. The summed E-state index contributed by atoms with van der Waals surface area (Å²) in [5.41, 5.74) is 5.74. The molecule has 0 fully saturated rings. The summed E-state index contributed by atoms with van der Waals surface area (Å²) in [5, 5.41) is 2.94. The van der Waals surface area contributed by atoms with Gasteiger partial charge in [0, 0.05) is 32.1 Å². The zero-order valence-electron chi connectivity index (χ0n) is 17.2. The fraction of sp³-hybridized carbons (Fsp3) is 0.579. The summed E-state index contributed by atoms with van der Waals surface area (Å²) in [7, 11) is -2.19. The number of nitrogens with two attached hydrogens (primary N) is 1. The average Bonchev–Trinajstić information content (AvgIpc) is 2.61. The van der Waals surface area contributed by atoms with E-state index in [-0.39, 0.29) is 47.9 Å². The van der Waals surface area contributed by atoms with Gasteiger partial charge in [-0.05, 0) is 38.3 Å². The number of ketones is 1. The van der Waals surface area contributed by atoms with E-state index in [1.165, 1.54) is 42.5 Å². The van der Waals surface area contributed by atoms with Crippen molar-refractivity contribution >= 4 is 34.1 Å². The molecule has 0 spiro atoms. The molecule has 0 radical (unpaired) electrons. The fourth-order valence-corrected chi connectivity index (χ4v) is 3.65. The molecular formula is C19H32ClN3O4S. The number of nitrogens with one attached hydrogen (secondary N) is 1. The number of benzene rings is 1. The van der Waals surface area contributed by atoms with Crippen LogP contribution in [0.2, 0.25) is 0 Å². The maximum Gasteiger partial charge on any atom is 0.242 e. The van der Waals surface area contributed by atoms with Crippen molar-refractivity contribution in [2.24, 2.45) is 11.7 Å². The Morgan fingerprint density at radius 1 is 1.21 bits per heavy atom. The van der Waals surface area contributed by atoms with Gasteiger partial charge in [0.05, 0.1) is 10.4 Å². The number of nitrogens with zero attached hydrogens (tertiary/aromatic N) is 1. The van der Waals surface area contributed by atoms with Gasteiger partial charge < -0.3 is 11.1 Å². The molecule has 1 amide bonds. The minimum Gasteiger partial charge on any atom is -0.349 e. The number of hydrogen-bond donors (Lipinski definition) is 2. The first-order valence-corrected chi connectivity index (χ1v) is 10.5. The number of sulfonamides is 1. The van der Waals surface area contributed by atoms with Gasteiger partial charge in [0.2, 0.25) is 15.9 Å². The molecule has 0 aromatic heterocycles. The van der Waals surface area contributed by atoms with Crippen LogP contribution in [0.25, 0.3) is 0 Å². The summed E-state index contributed by atoms with van der Waals surface area (Å²) >= 11 is 0. The van der Waals surface area contributed by atoms with Crippen LogP contribution in [0, 0.1) is 5.92 Å². The first-order valence-electron chi connectivity index (χ1n) is 9.02. The monoisotopic (exact) mass is 433 g/mol. The van der Waals surface area contributed by atoms with Crippen molar-refractivity contribution in [2.45, 2.75) is 51.0 Å². The van der Waals surface area contributed by atoms with Gasteiger partial charge in [0.25, 0.3) is 0 Å². The van der Waals surface area contributed by atoms with E-state index in [4.69, 9.17) is 5.73 Å². The van der Waals surface area contributed by atoms with Crippen LogP contribution in [-0.2, 0) is 14.8 Å². The van der Waals surface area contributed by atoms with E-state index in [9.17, 15) is 18.0 Å². The highest BCUT2D eigenvalue weighted by Crippen LogP contribution is 2.17. The van der Waals surface area contributed by atoms with Crippen LogP contribution in [0.1, 0.15) is 50.9 Å². The molecule has 1 unspecified atom stereocenters. The summed E-state index contributed by atoms with van der Waals surface area (Å²) in [6.45, 7) is 7.86. The van der Waals surface area contributed by atoms with E-state index >= 15 is 0 Å². The number of halogens is 1. The molecule has 28 heavy (non-hydrogen) atoms. The van der Waals surface area contributed by atoms with Gasteiger partial charge in [-0.25, -0.2) is 12.7 Å². The third-order valence-electron chi connectivity index (χ3n) is 4.97. The average molecular weight is 434 g/mol. The maximum absolute atomic E-state index is 12.6. The van der Waals surface area contributed by atoms with E-state index in [0.717, 1.165) is 0 Å². The van der Waals surface area contributed by atoms with Gasteiger partial charge in [-0.2, -0.15) is 0 Å². The summed E-state index contributed by atoms with van der Waals surface area (Å²) in [6.07, 6.45) is 0.608. The number of carbonyl (C=O) groups is 2. The Hall–Kier alpha value is -1.48. The van der Waals surface area contributed by atoms with E-state index in [1.54, 1.807) is 0 Å². The third-order valence-corrected chi connectivity index (χ3v) is 6.84. The molecule has 0 aliphatic carbocycles. The van der Waals surface area contributed by atoms with Crippen molar-refractivity contribution in [2.75, 3.05) is 20.1 Å². The van der Waals surface area contributed by atoms with E-state index in [1.807, 2.05) is 20.8 Å².